The molecule has 1 aromatic carbocycles. The largest absolute Gasteiger partial charge is 0.494 e. The Balaban J connectivity index is 2.38. The lowest BCUT2D eigenvalue weighted by Crippen LogP contribution is -2.39. The molecule has 2 N–H and O–H groups in total. The van der Waals surface area contributed by atoms with E-state index in [0.29, 0.717) is 17.3 Å². The van der Waals surface area contributed by atoms with E-state index in [1.807, 2.05) is 12.1 Å². The van der Waals surface area contributed by atoms with Gasteiger partial charge in [0.15, 0.2) is 5.11 Å². The van der Waals surface area contributed by atoms with Crippen LogP contribution in [-0.2, 0) is 0 Å². The predicted molar refractivity (Wildman–Crippen MR) is 94.4 cm³/mol. The molecule has 1 aromatic rings. The number of unbranched alkanes of at least 4 members (excludes halogenated alkanes) is 3. The maximum Gasteiger partial charge on any atom is 0.257 e. The lowest BCUT2D eigenvalue weighted by molar-refractivity contribution is 0.0976. The van der Waals surface area contributed by atoms with Crippen molar-refractivity contribution in [3.8, 4) is 5.75 Å². The van der Waals surface area contributed by atoms with Gasteiger partial charge in [-0.1, -0.05) is 33.1 Å². The molecule has 0 bridgehead atoms. The number of thiocarbonyl (C=S) groups is 1. The molecular weight excluding hydrogens is 296 g/mol. The predicted octanol–water partition coefficient (Wildman–Crippen LogP) is 3.66. The van der Waals surface area contributed by atoms with Gasteiger partial charge in [0.25, 0.3) is 5.91 Å². The molecular formula is C17H26N2O2S. The van der Waals surface area contributed by atoms with E-state index < -0.39 is 0 Å². The van der Waals surface area contributed by atoms with E-state index in [4.69, 9.17) is 17.0 Å². The highest BCUT2D eigenvalue weighted by Crippen LogP contribution is 2.12. The van der Waals surface area contributed by atoms with Gasteiger partial charge in [0.05, 0.1) is 6.61 Å². The van der Waals surface area contributed by atoms with Gasteiger partial charge in [-0.3, -0.25) is 10.1 Å². The van der Waals surface area contributed by atoms with Crippen molar-refractivity contribution in [1.29, 1.82) is 0 Å². The first-order valence-corrected chi connectivity index (χ1v) is 8.40. The Morgan fingerprint density at radius 3 is 2.41 bits per heavy atom. The summed E-state index contributed by atoms with van der Waals surface area (Å²) in [5.41, 5.74) is 0.570. The van der Waals surface area contributed by atoms with E-state index in [2.05, 4.69) is 24.5 Å². The topological polar surface area (TPSA) is 50.4 Å². The van der Waals surface area contributed by atoms with E-state index in [9.17, 15) is 4.79 Å². The zero-order valence-corrected chi connectivity index (χ0v) is 14.3. The minimum absolute atomic E-state index is 0.202. The Labute approximate surface area is 138 Å². The molecule has 1 amide bonds. The number of carbonyl (C=O) groups is 1. The van der Waals surface area contributed by atoms with Gasteiger partial charge in [-0.05, 0) is 49.3 Å². The number of amides is 1. The van der Waals surface area contributed by atoms with Gasteiger partial charge in [0.1, 0.15) is 5.75 Å². The molecule has 0 aliphatic carbocycles. The highest BCUT2D eigenvalue weighted by atomic mass is 32.1. The molecule has 0 aliphatic rings. The van der Waals surface area contributed by atoms with Crippen molar-refractivity contribution in [2.24, 2.45) is 0 Å². The van der Waals surface area contributed by atoms with Gasteiger partial charge in [-0.25, -0.2) is 0 Å². The van der Waals surface area contributed by atoms with E-state index >= 15 is 0 Å². The van der Waals surface area contributed by atoms with Crippen molar-refractivity contribution in [3.63, 3.8) is 0 Å². The number of hydrogen-bond donors (Lipinski definition) is 2. The van der Waals surface area contributed by atoms with Crippen molar-refractivity contribution in [1.82, 2.24) is 10.6 Å². The monoisotopic (exact) mass is 322 g/mol. The summed E-state index contributed by atoms with van der Waals surface area (Å²) in [5, 5.41) is 6.06. The molecule has 0 radical (unpaired) electrons. The number of benzene rings is 1. The number of hydrogen-bond acceptors (Lipinski definition) is 3. The van der Waals surface area contributed by atoms with E-state index in [0.717, 1.165) is 31.6 Å². The second kappa shape index (κ2) is 11.0. The summed E-state index contributed by atoms with van der Waals surface area (Å²) in [4.78, 5) is 12.0. The maximum absolute atomic E-state index is 12.0. The smallest absolute Gasteiger partial charge is 0.257 e. The van der Waals surface area contributed by atoms with Gasteiger partial charge in [-0.15, -0.1) is 0 Å². The molecule has 1 rings (SSSR count). The number of nitrogens with one attached hydrogen (secondary N) is 2. The fourth-order valence-electron chi connectivity index (χ4n) is 1.84. The van der Waals surface area contributed by atoms with Crippen LogP contribution in [0.1, 0.15) is 56.3 Å². The van der Waals surface area contributed by atoms with Gasteiger partial charge in [0, 0.05) is 12.1 Å². The molecule has 0 atom stereocenters. The lowest BCUT2D eigenvalue weighted by Gasteiger charge is -2.10. The molecule has 122 valence electrons. The average Bonchev–Trinajstić information content (AvgIpc) is 2.52. The molecule has 0 unspecified atom stereocenters. The van der Waals surface area contributed by atoms with Crippen molar-refractivity contribution in [2.45, 2.75) is 46.0 Å². The Morgan fingerprint density at radius 1 is 1.09 bits per heavy atom. The highest BCUT2D eigenvalue weighted by molar-refractivity contribution is 7.80. The van der Waals surface area contributed by atoms with Crippen LogP contribution in [0.4, 0.5) is 0 Å². The van der Waals surface area contributed by atoms with E-state index in [-0.39, 0.29) is 5.91 Å². The van der Waals surface area contributed by atoms with Crippen LogP contribution in [0.3, 0.4) is 0 Å². The van der Waals surface area contributed by atoms with Crippen LogP contribution in [0.15, 0.2) is 24.3 Å². The number of rotatable bonds is 9. The Morgan fingerprint density at radius 2 is 1.77 bits per heavy atom. The second-order valence-electron chi connectivity index (χ2n) is 5.14. The van der Waals surface area contributed by atoms with Crippen LogP contribution in [0.25, 0.3) is 0 Å². The number of ether oxygens (including phenoxy) is 1. The molecule has 0 aliphatic heterocycles. The molecule has 5 heteroatoms. The molecule has 0 heterocycles. The van der Waals surface area contributed by atoms with Gasteiger partial charge in [-0.2, -0.15) is 0 Å². The number of carbonyl (C=O) groups excluding carboxylic acids is 1. The van der Waals surface area contributed by atoms with Crippen LogP contribution < -0.4 is 15.4 Å². The molecule has 0 saturated heterocycles. The van der Waals surface area contributed by atoms with E-state index in [1.54, 1.807) is 12.1 Å². The van der Waals surface area contributed by atoms with E-state index in [1.165, 1.54) is 12.8 Å². The summed E-state index contributed by atoms with van der Waals surface area (Å²) in [6.07, 6.45) is 5.51. The zero-order valence-electron chi connectivity index (χ0n) is 13.5. The third kappa shape index (κ3) is 7.41. The average molecular weight is 322 g/mol. The molecule has 0 aromatic heterocycles. The first kappa shape index (κ1) is 18.4. The first-order valence-electron chi connectivity index (χ1n) is 7.99. The van der Waals surface area contributed by atoms with Crippen LogP contribution in [0, 0.1) is 0 Å². The molecule has 0 saturated carbocycles. The highest BCUT2D eigenvalue weighted by Gasteiger charge is 2.07. The third-order valence-corrected chi connectivity index (χ3v) is 3.42. The van der Waals surface area contributed by atoms with Crippen molar-refractivity contribution >= 4 is 23.2 Å². The van der Waals surface area contributed by atoms with Crippen LogP contribution in [-0.4, -0.2) is 24.2 Å². The fourth-order valence-corrected chi connectivity index (χ4v) is 2.04. The second-order valence-corrected chi connectivity index (χ2v) is 5.55. The molecule has 4 nitrogen and oxygen atoms in total. The maximum atomic E-state index is 12.0. The van der Waals surface area contributed by atoms with Crippen LogP contribution in [0.5, 0.6) is 5.75 Å². The normalized spacial score (nSPS) is 10.1. The Bertz CT molecular complexity index is 460. The summed E-state index contributed by atoms with van der Waals surface area (Å²) < 4.78 is 5.62. The summed E-state index contributed by atoms with van der Waals surface area (Å²) in [5.74, 6) is 0.586. The molecule has 0 spiro atoms. The van der Waals surface area contributed by atoms with Crippen molar-refractivity contribution in [2.75, 3.05) is 13.2 Å². The van der Waals surface area contributed by atoms with Gasteiger partial charge >= 0.3 is 0 Å². The summed E-state index contributed by atoms with van der Waals surface area (Å²) >= 11 is 5.08. The summed E-state index contributed by atoms with van der Waals surface area (Å²) in [7, 11) is 0. The van der Waals surface area contributed by atoms with Crippen LogP contribution >= 0.6 is 12.2 Å². The Hall–Kier alpha value is -1.62. The third-order valence-electron chi connectivity index (χ3n) is 3.18. The standard InChI is InChI=1S/C17H26N2O2S/c1-3-5-7-13-21-15-10-8-14(9-11-15)16(20)19-17(22)18-12-6-4-2/h8-11H,3-7,12-13H2,1-2H3,(H2,18,19,20,22). The zero-order chi connectivity index (χ0) is 16.2. The summed E-state index contributed by atoms with van der Waals surface area (Å²) in [6, 6.07) is 7.13. The van der Waals surface area contributed by atoms with Gasteiger partial charge < -0.3 is 10.1 Å². The van der Waals surface area contributed by atoms with Crippen molar-refractivity contribution in [3.05, 3.63) is 29.8 Å². The van der Waals surface area contributed by atoms with Crippen LogP contribution in [0.2, 0.25) is 0 Å². The Kier molecular flexibility index (Phi) is 9.23. The summed E-state index contributed by atoms with van der Waals surface area (Å²) in [6.45, 7) is 5.76. The SMILES string of the molecule is CCCCCOc1ccc(C(=O)NC(=S)NCCCC)cc1. The first-order chi connectivity index (χ1) is 10.7. The lowest BCUT2D eigenvalue weighted by atomic mass is 10.2. The molecule has 22 heavy (non-hydrogen) atoms. The minimum Gasteiger partial charge on any atom is -0.494 e. The van der Waals surface area contributed by atoms with Crippen molar-refractivity contribution < 1.29 is 9.53 Å². The minimum atomic E-state index is -0.202. The fraction of sp³-hybridized carbons (Fsp3) is 0.529. The van der Waals surface area contributed by atoms with Gasteiger partial charge in [0.2, 0.25) is 0 Å². The molecule has 0 fully saturated rings. The quantitative estimate of drug-likeness (QED) is 0.538.